The third-order valence-corrected chi connectivity index (χ3v) is 2.73. The number of ether oxygens (including phenoxy) is 2. The van der Waals surface area contributed by atoms with Gasteiger partial charge in [-0.2, -0.15) is 4.98 Å². The van der Waals surface area contributed by atoms with Crippen LogP contribution in [0.3, 0.4) is 0 Å². The van der Waals surface area contributed by atoms with E-state index in [1.807, 2.05) is 18.4 Å². The molecule has 18 heavy (non-hydrogen) atoms. The number of aromatic nitrogens is 4. The van der Waals surface area contributed by atoms with Crippen molar-refractivity contribution in [2.24, 2.45) is 0 Å². The molecule has 0 atom stereocenters. The molecule has 0 amide bonds. The summed E-state index contributed by atoms with van der Waals surface area (Å²) in [6.45, 7) is 4.50. The lowest BCUT2D eigenvalue weighted by atomic mass is 10.1. The van der Waals surface area contributed by atoms with Crippen LogP contribution < -0.4 is 10.5 Å². The number of nitrogens with two attached hydrogens (primary N) is 1. The predicted octanol–water partition coefficient (Wildman–Crippen LogP) is 0.799. The fourth-order valence-corrected chi connectivity index (χ4v) is 2.05. The molecule has 2 aromatic heterocycles. The first-order chi connectivity index (χ1) is 8.51. The van der Waals surface area contributed by atoms with Gasteiger partial charge in [-0.3, -0.25) is 4.57 Å². The van der Waals surface area contributed by atoms with E-state index < -0.39 is 0 Å². The van der Waals surface area contributed by atoms with Crippen molar-refractivity contribution in [3.63, 3.8) is 0 Å². The summed E-state index contributed by atoms with van der Waals surface area (Å²) in [5.74, 6) is 0.782. The van der Waals surface area contributed by atoms with Crippen LogP contribution >= 0.6 is 0 Å². The molecule has 98 valence electrons. The highest BCUT2D eigenvalue weighted by Gasteiger charge is 2.27. The van der Waals surface area contributed by atoms with E-state index in [-0.39, 0.29) is 5.54 Å². The van der Waals surface area contributed by atoms with Gasteiger partial charge in [-0.25, -0.2) is 9.97 Å². The van der Waals surface area contributed by atoms with Gasteiger partial charge < -0.3 is 15.2 Å². The van der Waals surface area contributed by atoms with E-state index in [1.165, 1.54) is 13.4 Å². The second-order valence-corrected chi connectivity index (χ2v) is 4.61. The largest absolute Gasteiger partial charge is 0.479 e. The SMILES string of the molecule is COCC(C)(C)n1c(N)nc2c(OC)ncnc21. The second-order valence-electron chi connectivity index (χ2n) is 4.61. The fraction of sp³-hybridized carbons (Fsp3) is 0.545. The minimum Gasteiger partial charge on any atom is -0.479 e. The normalized spacial score (nSPS) is 12.0. The molecule has 0 aliphatic heterocycles. The molecule has 0 aromatic carbocycles. The minimum atomic E-state index is -0.354. The molecule has 0 radical (unpaired) electrons. The second kappa shape index (κ2) is 4.41. The maximum atomic E-state index is 5.97. The molecule has 2 heterocycles. The maximum Gasteiger partial charge on any atom is 0.245 e. The van der Waals surface area contributed by atoms with Crippen LogP contribution in [0.5, 0.6) is 5.88 Å². The van der Waals surface area contributed by atoms with Crippen LogP contribution in [0.15, 0.2) is 6.33 Å². The van der Waals surface area contributed by atoms with Gasteiger partial charge in [0, 0.05) is 7.11 Å². The Morgan fingerprint density at radius 1 is 1.33 bits per heavy atom. The molecule has 0 fully saturated rings. The smallest absolute Gasteiger partial charge is 0.245 e. The third-order valence-electron chi connectivity index (χ3n) is 2.73. The summed E-state index contributed by atoms with van der Waals surface area (Å²) < 4.78 is 12.2. The summed E-state index contributed by atoms with van der Waals surface area (Å²) in [5, 5.41) is 0. The summed E-state index contributed by atoms with van der Waals surface area (Å²) in [6.07, 6.45) is 1.43. The van der Waals surface area contributed by atoms with Crippen molar-refractivity contribution in [1.82, 2.24) is 19.5 Å². The summed E-state index contributed by atoms with van der Waals surface area (Å²) >= 11 is 0. The molecule has 0 unspecified atom stereocenters. The summed E-state index contributed by atoms with van der Waals surface area (Å²) in [6, 6.07) is 0. The van der Waals surface area contributed by atoms with Crippen molar-refractivity contribution in [3.05, 3.63) is 6.33 Å². The molecule has 0 spiro atoms. The number of methoxy groups -OCH3 is 2. The van der Waals surface area contributed by atoms with Gasteiger partial charge in [0.25, 0.3) is 0 Å². The van der Waals surface area contributed by atoms with Crippen LogP contribution in [0.2, 0.25) is 0 Å². The number of fused-ring (bicyclic) bond motifs is 1. The van der Waals surface area contributed by atoms with Crippen LogP contribution in [-0.2, 0) is 10.3 Å². The molecule has 2 rings (SSSR count). The number of hydrogen-bond donors (Lipinski definition) is 1. The van der Waals surface area contributed by atoms with Gasteiger partial charge in [-0.15, -0.1) is 0 Å². The van der Waals surface area contributed by atoms with Gasteiger partial charge in [0.2, 0.25) is 11.8 Å². The highest BCUT2D eigenvalue weighted by Crippen LogP contribution is 2.29. The van der Waals surface area contributed by atoms with Crippen molar-refractivity contribution in [1.29, 1.82) is 0 Å². The fourth-order valence-electron chi connectivity index (χ4n) is 2.05. The number of hydrogen-bond acceptors (Lipinski definition) is 6. The molecule has 2 N–H and O–H groups in total. The Labute approximate surface area is 105 Å². The Morgan fingerprint density at radius 3 is 2.67 bits per heavy atom. The molecular weight excluding hydrogens is 234 g/mol. The molecule has 7 heteroatoms. The quantitative estimate of drug-likeness (QED) is 0.864. The van der Waals surface area contributed by atoms with Gasteiger partial charge in [0.1, 0.15) is 6.33 Å². The Kier molecular flexibility index (Phi) is 3.08. The van der Waals surface area contributed by atoms with Crippen molar-refractivity contribution in [3.8, 4) is 5.88 Å². The maximum absolute atomic E-state index is 5.97. The van der Waals surface area contributed by atoms with Gasteiger partial charge >= 0.3 is 0 Å². The first-order valence-electron chi connectivity index (χ1n) is 5.53. The number of rotatable bonds is 4. The minimum absolute atomic E-state index is 0.354. The van der Waals surface area contributed by atoms with E-state index in [0.717, 1.165) is 0 Å². The molecule has 0 bridgehead atoms. The lowest BCUT2D eigenvalue weighted by Crippen LogP contribution is -2.32. The predicted molar refractivity (Wildman–Crippen MR) is 67.5 cm³/mol. The Balaban J connectivity index is 2.68. The molecule has 0 aliphatic rings. The third kappa shape index (κ3) is 1.86. The Hall–Kier alpha value is -1.89. The lowest BCUT2D eigenvalue weighted by Gasteiger charge is -2.26. The van der Waals surface area contributed by atoms with Crippen molar-refractivity contribution in [2.75, 3.05) is 26.6 Å². The summed E-state index contributed by atoms with van der Waals surface area (Å²) in [7, 11) is 3.18. The van der Waals surface area contributed by atoms with Gasteiger partial charge in [-0.1, -0.05) is 0 Å². The summed E-state index contributed by atoms with van der Waals surface area (Å²) in [4.78, 5) is 12.5. The first-order valence-corrected chi connectivity index (χ1v) is 5.53. The molecule has 0 aliphatic carbocycles. The molecular formula is C11H17N5O2. The van der Waals surface area contributed by atoms with Gasteiger partial charge in [0.05, 0.1) is 19.3 Å². The van der Waals surface area contributed by atoms with Crippen LogP contribution in [0, 0.1) is 0 Å². The number of anilines is 1. The van der Waals surface area contributed by atoms with Crippen molar-refractivity contribution in [2.45, 2.75) is 19.4 Å². The van der Waals surface area contributed by atoms with Gasteiger partial charge in [-0.05, 0) is 13.8 Å². The zero-order valence-corrected chi connectivity index (χ0v) is 11.0. The topological polar surface area (TPSA) is 88.1 Å². The lowest BCUT2D eigenvalue weighted by molar-refractivity contribution is 0.113. The monoisotopic (exact) mass is 251 g/mol. The van der Waals surface area contributed by atoms with E-state index in [2.05, 4.69) is 15.0 Å². The zero-order valence-electron chi connectivity index (χ0n) is 11.0. The van der Waals surface area contributed by atoms with Crippen molar-refractivity contribution >= 4 is 17.1 Å². The van der Waals surface area contributed by atoms with E-state index in [1.54, 1.807) is 7.11 Å². The van der Waals surface area contributed by atoms with E-state index in [9.17, 15) is 0 Å². The average molecular weight is 251 g/mol. The first kappa shape index (κ1) is 12.6. The summed E-state index contributed by atoms with van der Waals surface area (Å²) in [5.41, 5.74) is 6.81. The highest BCUT2D eigenvalue weighted by atomic mass is 16.5. The van der Waals surface area contributed by atoms with E-state index in [0.29, 0.717) is 29.6 Å². The molecule has 2 aromatic rings. The Morgan fingerprint density at radius 2 is 2.06 bits per heavy atom. The average Bonchev–Trinajstić information content (AvgIpc) is 2.65. The standard InChI is InChI=1S/C11H17N5O2/c1-11(2,5-17-3)16-8-7(15-10(16)12)9(18-4)14-6-13-8/h6H,5H2,1-4H3,(H2,12,15). The van der Waals surface area contributed by atoms with Crippen LogP contribution in [0.4, 0.5) is 5.95 Å². The van der Waals surface area contributed by atoms with Crippen molar-refractivity contribution < 1.29 is 9.47 Å². The number of nitrogen functional groups attached to an aromatic ring is 1. The zero-order chi connectivity index (χ0) is 13.3. The van der Waals surface area contributed by atoms with Crippen LogP contribution in [0.1, 0.15) is 13.8 Å². The molecule has 0 saturated heterocycles. The van der Waals surface area contributed by atoms with Gasteiger partial charge in [0.15, 0.2) is 11.2 Å². The number of nitrogens with zero attached hydrogens (tertiary/aromatic N) is 4. The van der Waals surface area contributed by atoms with Crippen LogP contribution in [-0.4, -0.2) is 40.3 Å². The van der Waals surface area contributed by atoms with E-state index in [4.69, 9.17) is 15.2 Å². The number of imidazole rings is 1. The Bertz CT molecular complexity index is 564. The highest BCUT2D eigenvalue weighted by molar-refractivity contribution is 5.79. The van der Waals surface area contributed by atoms with E-state index >= 15 is 0 Å². The molecule has 7 nitrogen and oxygen atoms in total. The molecule has 0 saturated carbocycles. The van der Waals surface area contributed by atoms with Crippen LogP contribution in [0.25, 0.3) is 11.2 Å².